The Balaban J connectivity index is 1.77. The lowest BCUT2D eigenvalue weighted by molar-refractivity contribution is 0.633. The Morgan fingerprint density at radius 2 is 2.21 bits per heavy atom. The van der Waals surface area contributed by atoms with E-state index in [4.69, 9.17) is 16.6 Å². The fourth-order valence-corrected chi connectivity index (χ4v) is 4.07. The van der Waals surface area contributed by atoms with Gasteiger partial charge in [-0.25, -0.2) is 4.98 Å². The standard InChI is InChI=1S/C17H20N6S/c18-16(23-19)10-3-4-12-13-8-24-9-14(13)17(22-15(12)6-10)21-7-11-2-1-5-20-11/h3-4,6,8-9,11,20H,1-2,5,7,19H2,(H2,18,23)(H,21,22). The molecule has 7 heteroatoms. The summed E-state index contributed by atoms with van der Waals surface area (Å²) >= 11 is 1.69. The lowest BCUT2D eigenvalue weighted by atomic mass is 10.1. The number of nitrogens with two attached hydrogens (primary N) is 2. The van der Waals surface area contributed by atoms with E-state index in [1.807, 2.05) is 18.2 Å². The molecule has 3 heterocycles. The molecule has 6 nitrogen and oxygen atoms in total. The van der Waals surface area contributed by atoms with Crippen LogP contribution in [0.4, 0.5) is 5.82 Å². The van der Waals surface area contributed by atoms with Gasteiger partial charge in [-0.3, -0.25) is 0 Å². The van der Waals surface area contributed by atoms with E-state index in [2.05, 4.69) is 26.5 Å². The number of pyridine rings is 1. The highest BCUT2D eigenvalue weighted by Gasteiger charge is 2.15. The first-order valence-corrected chi connectivity index (χ1v) is 9.01. The van der Waals surface area contributed by atoms with Crippen molar-refractivity contribution in [1.29, 1.82) is 0 Å². The second-order valence-electron chi connectivity index (χ2n) is 6.08. The summed E-state index contributed by atoms with van der Waals surface area (Å²) in [5.41, 5.74) is 7.52. The maximum absolute atomic E-state index is 5.83. The van der Waals surface area contributed by atoms with Crippen LogP contribution in [0.5, 0.6) is 0 Å². The van der Waals surface area contributed by atoms with Crippen LogP contribution in [-0.2, 0) is 0 Å². The van der Waals surface area contributed by atoms with E-state index < -0.39 is 0 Å². The molecule has 0 aliphatic carbocycles. The smallest absolute Gasteiger partial charge is 0.150 e. The normalized spacial score (nSPS) is 18.5. The monoisotopic (exact) mass is 340 g/mol. The Labute approximate surface area is 143 Å². The van der Waals surface area contributed by atoms with E-state index in [0.29, 0.717) is 11.9 Å². The van der Waals surface area contributed by atoms with Crippen molar-refractivity contribution in [2.45, 2.75) is 18.9 Å². The van der Waals surface area contributed by atoms with Crippen LogP contribution in [-0.4, -0.2) is 30.0 Å². The molecule has 4 rings (SSSR count). The molecule has 0 bridgehead atoms. The second-order valence-corrected chi connectivity index (χ2v) is 6.82. The summed E-state index contributed by atoms with van der Waals surface area (Å²) in [6.07, 6.45) is 2.45. The maximum atomic E-state index is 5.83. The van der Waals surface area contributed by atoms with Gasteiger partial charge in [-0.15, -0.1) is 0 Å². The van der Waals surface area contributed by atoms with E-state index in [1.165, 1.54) is 23.6 Å². The highest BCUT2D eigenvalue weighted by atomic mass is 32.1. The molecule has 3 aromatic rings. The molecule has 1 saturated heterocycles. The summed E-state index contributed by atoms with van der Waals surface area (Å²) in [5.74, 6) is 6.53. The number of anilines is 1. The maximum Gasteiger partial charge on any atom is 0.150 e. The van der Waals surface area contributed by atoms with Crippen LogP contribution in [0.3, 0.4) is 0 Å². The number of hydrazone groups is 1. The van der Waals surface area contributed by atoms with Crippen molar-refractivity contribution in [2.24, 2.45) is 16.7 Å². The largest absolute Gasteiger partial charge is 0.382 e. The molecule has 0 amide bonds. The molecule has 1 aliphatic heterocycles. The fourth-order valence-electron chi connectivity index (χ4n) is 3.24. The number of hydrogen-bond acceptors (Lipinski definition) is 6. The summed E-state index contributed by atoms with van der Waals surface area (Å²) in [4.78, 5) is 4.83. The van der Waals surface area contributed by atoms with E-state index in [9.17, 15) is 0 Å². The van der Waals surface area contributed by atoms with Crippen molar-refractivity contribution in [3.63, 3.8) is 0 Å². The predicted octanol–water partition coefficient (Wildman–Crippen LogP) is 2.19. The number of nitrogens with one attached hydrogen (secondary N) is 2. The molecule has 124 valence electrons. The minimum absolute atomic E-state index is 0.314. The highest BCUT2D eigenvalue weighted by Crippen LogP contribution is 2.32. The number of fused-ring (bicyclic) bond motifs is 3. The van der Waals surface area contributed by atoms with Gasteiger partial charge in [0.05, 0.1) is 5.52 Å². The fraction of sp³-hybridized carbons (Fsp3) is 0.294. The average Bonchev–Trinajstić information content (AvgIpc) is 3.30. The van der Waals surface area contributed by atoms with E-state index in [0.717, 1.165) is 35.4 Å². The Kier molecular flexibility index (Phi) is 3.95. The first-order valence-electron chi connectivity index (χ1n) is 8.07. The van der Waals surface area contributed by atoms with Crippen LogP contribution in [0.1, 0.15) is 18.4 Å². The number of amidine groups is 1. The number of benzene rings is 1. The molecule has 1 unspecified atom stereocenters. The molecule has 24 heavy (non-hydrogen) atoms. The van der Waals surface area contributed by atoms with Gasteiger partial charge in [0, 0.05) is 39.7 Å². The third-order valence-corrected chi connectivity index (χ3v) is 5.29. The molecule has 1 atom stereocenters. The summed E-state index contributed by atoms with van der Waals surface area (Å²) in [7, 11) is 0. The zero-order valence-corrected chi connectivity index (χ0v) is 14.1. The van der Waals surface area contributed by atoms with Gasteiger partial charge in [0.15, 0.2) is 0 Å². The van der Waals surface area contributed by atoms with Crippen LogP contribution in [0.15, 0.2) is 34.1 Å². The molecule has 1 aliphatic rings. The van der Waals surface area contributed by atoms with Crippen molar-refractivity contribution in [2.75, 3.05) is 18.4 Å². The van der Waals surface area contributed by atoms with Gasteiger partial charge in [-0.1, -0.05) is 12.1 Å². The number of thiophene rings is 1. The van der Waals surface area contributed by atoms with Crippen molar-refractivity contribution >= 4 is 44.7 Å². The molecule has 0 saturated carbocycles. The van der Waals surface area contributed by atoms with Gasteiger partial charge in [-0.2, -0.15) is 16.4 Å². The third kappa shape index (κ3) is 2.65. The minimum Gasteiger partial charge on any atom is -0.382 e. The van der Waals surface area contributed by atoms with E-state index >= 15 is 0 Å². The molecule has 0 radical (unpaired) electrons. The topological polar surface area (TPSA) is 101 Å². The van der Waals surface area contributed by atoms with Crippen LogP contribution in [0, 0.1) is 0 Å². The van der Waals surface area contributed by atoms with Crippen molar-refractivity contribution in [1.82, 2.24) is 10.3 Å². The molecule has 6 N–H and O–H groups in total. The summed E-state index contributed by atoms with van der Waals surface area (Å²) in [6, 6.07) is 6.43. The Bertz CT molecular complexity index is 910. The number of hydrogen-bond donors (Lipinski definition) is 4. The molecule has 1 aromatic carbocycles. The van der Waals surface area contributed by atoms with Crippen molar-refractivity contribution in [3.8, 4) is 0 Å². The first-order chi connectivity index (χ1) is 11.8. The SMILES string of the molecule is N/N=C(\N)c1ccc2c(c1)nc(NCC1CCCN1)c1cscc12. The average molecular weight is 340 g/mol. The summed E-state index contributed by atoms with van der Waals surface area (Å²) in [6.45, 7) is 1.99. The second kappa shape index (κ2) is 6.26. The van der Waals surface area contributed by atoms with Gasteiger partial charge < -0.3 is 22.2 Å². The van der Waals surface area contributed by atoms with Gasteiger partial charge >= 0.3 is 0 Å². The van der Waals surface area contributed by atoms with E-state index in [-0.39, 0.29) is 0 Å². The molecular formula is C17H20N6S. The quantitative estimate of drug-likeness (QED) is 0.252. The third-order valence-electron chi connectivity index (χ3n) is 4.55. The van der Waals surface area contributed by atoms with Crippen molar-refractivity contribution < 1.29 is 0 Å². The molecule has 1 fully saturated rings. The minimum atomic E-state index is 0.314. The highest BCUT2D eigenvalue weighted by molar-refractivity contribution is 7.09. The molecular weight excluding hydrogens is 320 g/mol. The van der Waals surface area contributed by atoms with Gasteiger partial charge in [0.25, 0.3) is 0 Å². The Morgan fingerprint density at radius 3 is 3.00 bits per heavy atom. The Hall–Kier alpha value is -2.38. The number of rotatable bonds is 4. The van der Waals surface area contributed by atoms with Gasteiger partial charge in [0.1, 0.15) is 11.7 Å². The van der Waals surface area contributed by atoms with Crippen LogP contribution in [0.25, 0.3) is 21.7 Å². The van der Waals surface area contributed by atoms with Crippen LogP contribution in [0.2, 0.25) is 0 Å². The molecule has 2 aromatic heterocycles. The van der Waals surface area contributed by atoms with E-state index in [1.54, 1.807) is 11.3 Å². The Morgan fingerprint density at radius 1 is 1.33 bits per heavy atom. The summed E-state index contributed by atoms with van der Waals surface area (Å²) < 4.78 is 0. The number of nitrogens with zero attached hydrogens (tertiary/aromatic N) is 2. The first kappa shape index (κ1) is 15.2. The van der Waals surface area contributed by atoms with Gasteiger partial charge in [0.2, 0.25) is 0 Å². The zero-order valence-electron chi connectivity index (χ0n) is 13.2. The predicted molar refractivity (Wildman–Crippen MR) is 102 cm³/mol. The molecule has 0 spiro atoms. The number of aromatic nitrogens is 1. The van der Waals surface area contributed by atoms with Crippen molar-refractivity contribution in [3.05, 3.63) is 34.5 Å². The van der Waals surface area contributed by atoms with Gasteiger partial charge in [-0.05, 0) is 30.8 Å². The lowest BCUT2D eigenvalue weighted by Gasteiger charge is -2.14. The van der Waals surface area contributed by atoms with Crippen LogP contribution >= 0.6 is 11.3 Å². The zero-order chi connectivity index (χ0) is 16.5. The summed E-state index contributed by atoms with van der Waals surface area (Å²) in [5, 5.41) is 18.4. The van der Waals surface area contributed by atoms with Crippen LogP contribution < -0.4 is 22.2 Å². The lowest BCUT2D eigenvalue weighted by Crippen LogP contribution is -2.29.